The third-order valence-corrected chi connectivity index (χ3v) is 7.83. The van der Waals surface area contributed by atoms with Crippen molar-refractivity contribution >= 4 is 39.2 Å². The Balaban J connectivity index is 1.91. The van der Waals surface area contributed by atoms with Gasteiger partial charge in [-0.15, -0.1) is 11.3 Å². The van der Waals surface area contributed by atoms with Crippen molar-refractivity contribution in [3.63, 3.8) is 0 Å². The highest BCUT2D eigenvalue weighted by Crippen LogP contribution is 2.33. The highest BCUT2D eigenvalue weighted by Gasteiger charge is 2.28. The lowest BCUT2D eigenvalue weighted by Gasteiger charge is -2.21. The predicted molar refractivity (Wildman–Crippen MR) is 150 cm³/mol. The maximum absolute atomic E-state index is 13.2. The summed E-state index contributed by atoms with van der Waals surface area (Å²) in [6.07, 6.45) is -0.783. The molecule has 0 aliphatic carbocycles. The van der Waals surface area contributed by atoms with Crippen molar-refractivity contribution in [2.24, 2.45) is 0 Å². The molecule has 0 atom stereocenters. The standard InChI is InChI=1S/C27H34N4O6S2/c1-15-12-16(2)21(17(3)13-15)36-23-18(10-11-19(28-23)26(4,5)6)22(32)31-39(34,35)25-30-20(14-38-25)29-24(33)37-27(7,8)9/h10-14H,1-9H3,(H,29,33)(H,31,32). The molecule has 0 aliphatic rings. The molecule has 3 aromatic rings. The first-order valence-corrected chi connectivity index (χ1v) is 14.5. The molecule has 0 unspecified atom stereocenters. The summed E-state index contributed by atoms with van der Waals surface area (Å²) in [6.45, 7) is 16.7. The number of aryl methyl sites for hydroxylation is 3. The Labute approximate surface area is 233 Å². The van der Waals surface area contributed by atoms with Gasteiger partial charge in [-0.1, -0.05) is 38.5 Å². The molecule has 0 fully saturated rings. The fraction of sp³-hybridized carbons (Fsp3) is 0.407. The number of carbonyl (C=O) groups excluding carboxylic acids is 2. The van der Waals surface area contributed by atoms with Crippen LogP contribution >= 0.6 is 11.3 Å². The number of hydrogen-bond acceptors (Lipinski definition) is 9. The van der Waals surface area contributed by atoms with Crippen LogP contribution in [0.15, 0.2) is 34.0 Å². The van der Waals surface area contributed by atoms with E-state index in [1.54, 1.807) is 26.8 Å². The highest BCUT2D eigenvalue weighted by atomic mass is 32.2. The van der Waals surface area contributed by atoms with E-state index in [-0.39, 0.29) is 22.7 Å². The van der Waals surface area contributed by atoms with Crippen molar-refractivity contribution in [3.05, 3.63) is 57.6 Å². The third-order valence-electron chi connectivity index (χ3n) is 5.25. The number of thiazole rings is 1. The van der Waals surface area contributed by atoms with Crippen LogP contribution in [0.2, 0.25) is 0 Å². The Morgan fingerprint density at radius 3 is 2.13 bits per heavy atom. The number of pyridine rings is 1. The second-order valence-electron chi connectivity index (χ2n) is 11.2. The van der Waals surface area contributed by atoms with Crippen LogP contribution in [0, 0.1) is 20.8 Å². The molecule has 0 bridgehead atoms. The molecule has 2 amide bonds. The zero-order chi connectivity index (χ0) is 29.3. The van der Waals surface area contributed by atoms with E-state index in [2.05, 4.69) is 15.3 Å². The number of anilines is 1. The monoisotopic (exact) mass is 574 g/mol. The van der Waals surface area contributed by atoms with E-state index in [0.29, 0.717) is 11.4 Å². The van der Waals surface area contributed by atoms with Gasteiger partial charge < -0.3 is 9.47 Å². The average Bonchev–Trinajstić information content (AvgIpc) is 3.23. The van der Waals surface area contributed by atoms with E-state index in [9.17, 15) is 18.0 Å². The molecule has 0 aliphatic heterocycles. The third kappa shape index (κ3) is 7.76. The minimum Gasteiger partial charge on any atom is -0.444 e. The van der Waals surface area contributed by atoms with Crippen LogP contribution in [-0.4, -0.2) is 36.0 Å². The van der Waals surface area contributed by atoms with Crippen molar-refractivity contribution in [1.82, 2.24) is 14.7 Å². The van der Waals surface area contributed by atoms with Gasteiger partial charge in [-0.3, -0.25) is 10.1 Å². The summed E-state index contributed by atoms with van der Waals surface area (Å²) in [6, 6.07) is 7.05. The van der Waals surface area contributed by atoms with E-state index < -0.39 is 32.0 Å². The topological polar surface area (TPSA) is 137 Å². The van der Waals surface area contributed by atoms with Crippen LogP contribution in [0.1, 0.15) is 74.3 Å². The van der Waals surface area contributed by atoms with Gasteiger partial charge in [-0.25, -0.2) is 19.5 Å². The molecule has 3 rings (SSSR count). The quantitative estimate of drug-likeness (QED) is 0.365. The molecule has 12 heteroatoms. The number of amides is 2. The molecule has 39 heavy (non-hydrogen) atoms. The van der Waals surface area contributed by atoms with Gasteiger partial charge in [-0.2, -0.15) is 8.42 Å². The molecule has 2 aromatic heterocycles. The van der Waals surface area contributed by atoms with Crippen LogP contribution in [0.3, 0.4) is 0 Å². The number of sulfonamides is 1. The zero-order valence-electron chi connectivity index (χ0n) is 23.5. The Bertz CT molecular complexity index is 1490. The number of ether oxygens (including phenoxy) is 2. The SMILES string of the molecule is Cc1cc(C)c(Oc2nc(C(C)(C)C)ccc2C(=O)NS(=O)(=O)c2nc(NC(=O)OC(C)(C)C)cs2)c(C)c1. The second kappa shape index (κ2) is 10.9. The van der Waals surface area contributed by atoms with Gasteiger partial charge >= 0.3 is 6.09 Å². The van der Waals surface area contributed by atoms with Gasteiger partial charge in [0.15, 0.2) is 0 Å². The first kappa shape index (κ1) is 30.0. The largest absolute Gasteiger partial charge is 0.444 e. The lowest BCUT2D eigenvalue weighted by molar-refractivity contribution is 0.0635. The molecule has 1 aromatic carbocycles. The number of rotatable bonds is 6. The molecule has 0 saturated carbocycles. The van der Waals surface area contributed by atoms with Crippen molar-refractivity contribution in [3.8, 4) is 11.6 Å². The van der Waals surface area contributed by atoms with Gasteiger partial charge in [0.05, 0.1) is 0 Å². The second-order valence-corrected chi connectivity index (χ2v) is 13.9. The minimum atomic E-state index is -4.38. The van der Waals surface area contributed by atoms with E-state index in [1.807, 2.05) is 58.4 Å². The van der Waals surface area contributed by atoms with Crippen LogP contribution in [0.5, 0.6) is 11.6 Å². The van der Waals surface area contributed by atoms with E-state index in [4.69, 9.17) is 9.47 Å². The maximum atomic E-state index is 13.2. The molecule has 2 heterocycles. The molecule has 0 saturated heterocycles. The van der Waals surface area contributed by atoms with Crippen molar-refractivity contribution in [2.75, 3.05) is 5.32 Å². The summed E-state index contributed by atoms with van der Waals surface area (Å²) in [5, 5.41) is 3.71. The minimum absolute atomic E-state index is 0.0170. The van der Waals surface area contributed by atoms with E-state index in [0.717, 1.165) is 28.0 Å². The summed E-state index contributed by atoms with van der Waals surface area (Å²) in [4.78, 5) is 33.7. The number of nitrogens with zero attached hydrogens (tertiary/aromatic N) is 2. The first-order valence-electron chi connectivity index (χ1n) is 12.2. The van der Waals surface area contributed by atoms with Gasteiger partial charge in [0.1, 0.15) is 22.7 Å². The Hall–Kier alpha value is -3.51. The number of carbonyl (C=O) groups is 2. The van der Waals surface area contributed by atoms with Crippen molar-refractivity contribution < 1.29 is 27.5 Å². The Morgan fingerprint density at radius 1 is 0.949 bits per heavy atom. The van der Waals surface area contributed by atoms with Gasteiger partial charge in [0, 0.05) is 16.5 Å². The molecule has 10 nitrogen and oxygen atoms in total. The molecular weight excluding hydrogens is 540 g/mol. The lowest BCUT2D eigenvalue weighted by Crippen LogP contribution is -2.31. The van der Waals surface area contributed by atoms with Crippen LogP contribution < -0.4 is 14.8 Å². The predicted octanol–water partition coefficient (Wildman–Crippen LogP) is 6.02. The summed E-state index contributed by atoms with van der Waals surface area (Å²) >= 11 is 0.741. The maximum Gasteiger partial charge on any atom is 0.413 e. The first-order chi connectivity index (χ1) is 17.9. The fourth-order valence-corrected chi connectivity index (χ4v) is 5.51. The number of nitrogens with one attached hydrogen (secondary N) is 2. The highest BCUT2D eigenvalue weighted by molar-refractivity contribution is 7.92. The molecule has 2 N–H and O–H groups in total. The van der Waals surface area contributed by atoms with Crippen LogP contribution in [0.4, 0.5) is 10.6 Å². The number of hydrogen-bond donors (Lipinski definition) is 2. The molecule has 0 radical (unpaired) electrons. The summed E-state index contributed by atoms with van der Waals surface area (Å²) in [7, 11) is -4.38. The Kier molecular flexibility index (Phi) is 8.42. The summed E-state index contributed by atoms with van der Waals surface area (Å²) < 4.78 is 38.9. The number of benzene rings is 1. The summed E-state index contributed by atoms with van der Waals surface area (Å²) in [5.74, 6) is -0.435. The van der Waals surface area contributed by atoms with Crippen molar-refractivity contribution in [1.29, 1.82) is 0 Å². The zero-order valence-corrected chi connectivity index (χ0v) is 25.2. The Morgan fingerprint density at radius 2 is 1.56 bits per heavy atom. The fourth-order valence-electron chi connectivity index (χ4n) is 3.60. The molecule has 0 spiro atoms. The van der Waals surface area contributed by atoms with Gasteiger partial charge in [0.25, 0.3) is 15.9 Å². The van der Waals surface area contributed by atoms with Gasteiger partial charge in [0.2, 0.25) is 10.2 Å². The van der Waals surface area contributed by atoms with Gasteiger partial charge in [-0.05, 0) is 64.8 Å². The molecule has 210 valence electrons. The van der Waals surface area contributed by atoms with E-state index in [1.165, 1.54) is 11.4 Å². The lowest BCUT2D eigenvalue weighted by atomic mass is 9.91. The summed E-state index contributed by atoms with van der Waals surface area (Å²) in [5.41, 5.74) is 2.27. The smallest absolute Gasteiger partial charge is 0.413 e. The van der Waals surface area contributed by atoms with Crippen LogP contribution in [-0.2, 0) is 20.2 Å². The number of aromatic nitrogens is 2. The van der Waals surface area contributed by atoms with E-state index >= 15 is 0 Å². The normalized spacial score (nSPS) is 12.1. The van der Waals surface area contributed by atoms with Crippen LogP contribution in [0.25, 0.3) is 0 Å². The molecular formula is C27H34N4O6S2. The van der Waals surface area contributed by atoms with Crippen molar-refractivity contribution in [2.45, 2.75) is 77.7 Å². The average molecular weight is 575 g/mol.